The molecule has 0 aromatic carbocycles. The number of ether oxygens (including phenoxy) is 1. The lowest BCUT2D eigenvalue weighted by Gasteiger charge is -2.27. The van der Waals surface area contributed by atoms with Gasteiger partial charge >= 0.3 is 6.09 Å². The fourth-order valence-electron chi connectivity index (χ4n) is 2.03. The Balaban J connectivity index is 2.67. The van der Waals surface area contributed by atoms with E-state index in [2.05, 4.69) is 10.6 Å². The van der Waals surface area contributed by atoms with Crippen molar-refractivity contribution in [2.75, 3.05) is 40.3 Å². The molecular formula is C16H28N4O4. The maximum atomic E-state index is 12.2. The molecule has 0 aliphatic carbocycles. The van der Waals surface area contributed by atoms with Crippen LogP contribution in [0.4, 0.5) is 4.79 Å². The number of rotatable bonds is 4. The van der Waals surface area contributed by atoms with E-state index in [4.69, 9.17) is 4.74 Å². The number of hydrogen-bond acceptors (Lipinski definition) is 5. The normalized spacial score (nSPS) is 19.2. The summed E-state index contributed by atoms with van der Waals surface area (Å²) >= 11 is 0. The highest BCUT2D eigenvalue weighted by Gasteiger charge is 2.30. The molecule has 136 valence electrons. The molecule has 1 rings (SSSR count). The maximum absolute atomic E-state index is 12.2. The van der Waals surface area contributed by atoms with Crippen molar-refractivity contribution in [3.63, 3.8) is 0 Å². The van der Waals surface area contributed by atoms with Crippen LogP contribution in [-0.4, -0.2) is 79.6 Å². The fourth-order valence-corrected chi connectivity index (χ4v) is 2.03. The van der Waals surface area contributed by atoms with Crippen LogP contribution in [0.25, 0.3) is 0 Å². The summed E-state index contributed by atoms with van der Waals surface area (Å²) in [4.78, 5) is 39.5. The molecule has 1 aliphatic rings. The highest BCUT2D eigenvalue weighted by atomic mass is 16.6. The largest absolute Gasteiger partial charge is 0.444 e. The van der Waals surface area contributed by atoms with Crippen molar-refractivity contribution >= 4 is 17.9 Å². The Morgan fingerprint density at radius 2 is 2.08 bits per heavy atom. The van der Waals surface area contributed by atoms with Gasteiger partial charge in [-0.05, 0) is 34.9 Å². The van der Waals surface area contributed by atoms with Gasteiger partial charge in [0.15, 0.2) is 0 Å². The lowest BCUT2D eigenvalue weighted by molar-refractivity contribution is -0.126. The summed E-state index contributed by atoms with van der Waals surface area (Å²) in [5.74, 6) is -0.682. The lowest BCUT2D eigenvalue weighted by Crippen LogP contribution is -2.50. The predicted molar refractivity (Wildman–Crippen MR) is 90.4 cm³/mol. The summed E-state index contributed by atoms with van der Waals surface area (Å²) in [6.07, 6.45) is 2.59. The van der Waals surface area contributed by atoms with E-state index in [1.54, 1.807) is 26.8 Å². The van der Waals surface area contributed by atoms with Gasteiger partial charge in [0.2, 0.25) is 11.8 Å². The average molecular weight is 340 g/mol. The Hall–Kier alpha value is -2.09. The topological polar surface area (TPSA) is 91.0 Å². The molecule has 1 atom stereocenters. The molecule has 8 heteroatoms. The van der Waals surface area contributed by atoms with Crippen molar-refractivity contribution in [1.29, 1.82) is 0 Å². The third-order valence-corrected chi connectivity index (χ3v) is 3.11. The van der Waals surface area contributed by atoms with Crippen molar-refractivity contribution < 1.29 is 19.1 Å². The quantitative estimate of drug-likeness (QED) is 0.701. The zero-order chi connectivity index (χ0) is 18.3. The summed E-state index contributed by atoms with van der Waals surface area (Å²) < 4.78 is 5.33. The molecule has 0 saturated carbocycles. The van der Waals surface area contributed by atoms with E-state index in [9.17, 15) is 14.4 Å². The molecule has 24 heavy (non-hydrogen) atoms. The molecule has 1 heterocycles. The second-order valence-corrected chi connectivity index (χ2v) is 6.94. The molecule has 2 N–H and O–H groups in total. The van der Waals surface area contributed by atoms with Gasteiger partial charge in [0.05, 0.1) is 6.54 Å². The molecule has 0 spiro atoms. The van der Waals surface area contributed by atoms with Gasteiger partial charge in [-0.25, -0.2) is 4.79 Å². The third kappa shape index (κ3) is 7.45. The van der Waals surface area contributed by atoms with E-state index in [1.807, 2.05) is 19.0 Å². The first-order chi connectivity index (χ1) is 11.1. The van der Waals surface area contributed by atoms with Crippen LogP contribution in [0.2, 0.25) is 0 Å². The van der Waals surface area contributed by atoms with Crippen LogP contribution in [0, 0.1) is 0 Å². The first-order valence-corrected chi connectivity index (χ1v) is 7.96. The number of carbonyl (C=O) groups is 3. The minimum absolute atomic E-state index is 0.0774. The smallest absolute Gasteiger partial charge is 0.410 e. The molecule has 8 nitrogen and oxygen atoms in total. The SMILES string of the molecule is CN(C)C/C=C/C(=O)NC1CN(C(=O)OC(C)(C)C)CCNC1=O. The van der Waals surface area contributed by atoms with Crippen LogP contribution in [0.5, 0.6) is 0 Å². The van der Waals surface area contributed by atoms with Crippen molar-refractivity contribution in [2.24, 2.45) is 0 Å². The summed E-state index contributed by atoms with van der Waals surface area (Å²) in [5.41, 5.74) is -0.617. The second kappa shape index (κ2) is 8.68. The van der Waals surface area contributed by atoms with E-state index < -0.39 is 17.7 Å². The first kappa shape index (κ1) is 20.0. The van der Waals surface area contributed by atoms with Crippen molar-refractivity contribution in [1.82, 2.24) is 20.4 Å². The molecule has 1 unspecified atom stereocenters. The molecule has 0 aromatic heterocycles. The van der Waals surface area contributed by atoms with Crippen LogP contribution in [-0.2, 0) is 14.3 Å². The van der Waals surface area contributed by atoms with Gasteiger partial charge in [-0.2, -0.15) is 0 Å². The van der Waals surface area contributed by atoms with Gasteiger partial charge in [-0.1, -0.05) is 6.08 Å². The number of carbonyl (C=O) groups excluding carboxylic acids is 3. The number of nitrogens with zero attached hydrogens (tertiary/aromatic N) is 2. The number of likely N-dealkylation sites (N-methyl/N-ethyl adjacent to an activating group) is 1. The Morgan fingerprint density at radius 3 is 2.67 bits per heavy atom. The zero-order valence-electron chi connectivity index (χ0n) is 15.1. The van der Waals surface area contributed by atoms with Gasteiger partial charge in [-0.3, -0.25) is 9.59 Å². The van der Waals surface area contributed by atoms with Crippen LogP contribution in [0.3, 0.4) is 0 Å². The van der Waals surface area contributed by atoms with Gasteiger partial charge in [0.1, 0.15) is 11.6 Å². The molecule has 0 bridgehead atoms. The zero-order valence-corrected chi connectivity index (χ0v) is 15.1. The minimum atomic E-state index is -0.809. The summed E-state index contributed by atoms with van der Waals surface area (Å²) in [5, 5.41) is 5.31. The Morgan fingerprint density at radius 1 is 1.42 bits per heavy atom. The van der Waals surface area contributed by atoms with Crippen LogP contribution >= 0.6 is 0 Å². The van der Waals surface area contributed by atoms with Gasteiger partial charge in [0.25, 0.3) is 0 Å². The predicted octanol–water partition coefficient (Wildman–Crippen LogP) is -0.0441. The molecule has 1 aliphatic heterocycles. The second-order valence-electron chi connectivity index (χ2n) is 6.94. The number of nitrogens with one attached hydrogen (secondary N) is 2. The Labute approximate surface area is 143 Å². The minimum Gasteiger partial charge on any atom is -0.444 e. The van der Waals surface area contributed by atoms with E-state index in [-0.39, 0.29) is 18.4 Å². The molecule has 0 aromatic rings. The summed E-state index contributed by atoms with van der Waals surface area (Å²) in [6.45, 7) is 6.69. The first-order valence-electron chi connectivity index (χ1n) is 7.96. The average Bonchev–Trinajstić information content (AvgIpc) is 2.59. The monoisotopic (exact) mass is 340 g/mol. The molecule has 1 fully saturated rings. The van der Waals surface area contributed by atoms with E-state index in [1.165, 1.54) is 11.0 Å². The number of amides is 3. The van der Waals surface area contributed by atoms with Crippen molar-refractivity contribution in [2.45, 2.75) is 32.4 Å². The van der Waals surface area contributed by atoms with Gasteiger partial charge in [0, 0.05) is 25.7 Å². The summed E-state index contributed by atoms with van der Waals surface area (Å²) in [6, 6.07) is -0.809. The third-order valence-electron chi connectivity index (χ3n) is 3.11. The maximum Gasteiger partial charge on any atom is 0.410 e. The highest BCUT2D eigenvalue weighted by molar-refractivity contribution is 5.93. The van der Waals surface area contributed by atoms with E-state index in [0.29, 0.717) is 19.6 Å². The van der Waals surface area contributed by atoms with E-state index >= 15 is 0 Å². The standard InChI is InChI=1S/C16H28N4O4/c1-16(2,3)24-15(23)20-10-8-17-14(22)12(11-20)18-13(21)7-6-9-19(4)5/h6-7,12H,8-11H2,1-5H3,(H,17,22)(H,18,21)/b7-6+. The summed E-state index contributed by atoms with van der Waals surface area (Å²) in [7, 11) is 3.78. The highest BCUT2D eigenvalue weighted by Crippen LogP contribution is 2.11. The van der Waals surface area contributed by atoms with Gasteiger partial charge < -0.3 is 25.2 Å². The lowest BCUT2D eigenvalue weighted by atomic mass is 10.2. The fraction of sp³-hybridized carbons (Fsp3) is 0.688. The number of hydrogen-bond donors (Lipinski definition) is 2. The van der Waals surface area contributed by atoms with Crippen LogP contribution < -0.4 is 10.6 Å². The van der Waals surface area contributed by atoms with Gasteiger partial charge in [-0.15, -0.1) is 0 Å². The molecule has 3 amide bonds. The molecule has 0 radical (unpaired) electrons. The van der Waals surface area contributed by atoms with Crippen molar-refractivity contribution in [3.8, 4) is 0 Å². The van der Waals surface area contributed by atoms with E-state index in [0.717, 1.165) is 0 Å². The molecular weight excluding hydrogens is 312 g/mol. The van der Waals surface area contributed by atoms with Crippen LogP contribution in [0.15, 0.2) is 12.2 Å². The van der Waals surface area contributed by atoms with Crippen LogP contribution in [0.1, 0.15) is 20.8 Å². The molecule has 1 saturated heterocycles. The van der Waals surface area contributed by atoms with Crippen molar-refractivity contribution in [3.05, 3.63) is 12.2 Å². The Kier molecular flexibility index (Phi) is 7.21. The Bertz CT molecular complexity index is 497.